The minimum atomic E-state index is -4.31. The minimum Gasteiger partial charge on any atom is -0.459 e. The standard InChI is InChI=1S/C11H17F3O2/c1-7(2)9(15)16-8(3)6-10(4,5)11(12,13)14/h8H,1,6H2,2-5H3. The number of carbonyl (C=O) groups is 1. The molecule has 0 saturated carbocycles. The SMILES string of the molecule is C=C(C)C(=O)OC(C)CC(C)(C)C(F)(F)F. The molecular formula is C11H17F3O2. The van der Waals surface area contributed by atoms with Gasteiger partial charge in [-0.15, -0.1) is 0 Å². The fraction of sp³-hybridized carbons (Fsp3) is 0.727. The van der Waals surface area contributed by atoms with E-state index in [4.69, 9.17) is 4.74 Å². The molecule has 0 aliphatic carbocycles. The predicted molar refractivity (Wildman–Crippen MR) is 54.8 cm³/mol. The van der Waals surface area contributed by atoms with Crippen molar-refractivity contribution >= 4 is 5.97 Å². The highest BCUT2D eigenvalue weighted by atomic mass is 19.4. The molecule has 1 atom stereocenters. The molecule has 0 spiro atoms. The molecule has 0 bridgehead atoms. The van der Waals surface area contributed by atoms with Crippen molar-refractivity contribution in [3.8, 4) is 0 Å². The summed E-state index contributed by atoms with van der Waals surface area (Å²) in [6.45, 7) is 8.41. The quantitative estimate of drug-likeness (QED) is 0.553. The van der Waals surface area contributed by atoms with Gasteiger partial charge >= 0.3 is 12.1 Å². The van der Waals surface area contributed by atoms with E-state index >= 15 is 0 Å². The van der Waals surface area contributed by atoms with Crippen molar-refractivity contribution in [3.05, 3.63) is 12.2 Å². The Labute approximate surface area is 93.5 Å². The molecule has 0 aromatic rings. The van der Waals surface area contributed by atoms with E-state index in [2.05, 4.69) is 6.58 Å². The lowest BCUT2D eigenvalue weighted by Crippen LogP contribution is -2.36. The molecular weight excluding hydrogens is 221 g/mol. The third kappa shape index (κ3) is 4.24. The monoisotopic (exact) mass is 238 g/mol. The Morgan fingerprint density at radius 1 is 1.38 bits per heavy atom. The van der Waals surface area contributed by atoms with Crippen LogP contribution in [0.1, 0.15) is 34.1 Å². The summed E-state index contributed by atoms with van der Waals surface area (Å²) in [4.78, 5) is 11.1. The molecule has 0 N–H and O–H groups in total. The third-order valence-corrected chi connectivity index (χ3v) is 2.22. The number of esters is 1. The molecule has 0 heterocycles. The number of alkyl halides is 3. The van der Waals surface area contributed by atoms with Crippen molar-refractivity contribution in [3.63, 3.8) is 0 Å². The first-order valence-electron chi connectivity index (χ1n) is 4.90. The van der Waals surface area contributed by atoms with Gasteiger partial charge in [0.2, 0.25) is 0 Å². The average Bonchev–Trinajstić information content (AvgIpc) is 1.99. The van der Waals surface area contributed by atoms with Gasteiger partial charge in [-0.1, -0.05) is 20.4 Å². The lowest BCUT2D eigenvalue weighted by atomic mass is 9.86. The Morgan fingerprint density at radius 3 is 2.12 bits per heavy atom. The van der Waals surface area contributed by atoms with Crippen LogP contribution in [-0.2, 0) is 9.53 Å². The lowest BCUT2D eigenvalue weighted by Gasteiger charge is -2.30. The van der Waals surface area contributed by atoms with Gasteiger partial charge in [-0.2, -0.15) is 13.2 Å². The van der Waals surface area contributed by atoms with Crippen molar-refractivity contribution < 1.29 is 22.7 Å². The maximum Gasteiger partial charge on any atom is 0.394 e. The molecule has 94 valence electrons. The summed E-state index contributed by atoms with van der Waals surface area (Å²) >= 11 is 0. The smallest absolute Gasteiger partial charge is 0.394 e. The first-order chi connectivity index (χ1) is 6.97. The van der Waals surface area contributed by atoms with Gasteiger partial charge in [-0.05, 0) is 20.3 Å². The maximum absolute atomic E-state index is 12.5. The zero-order valence-electron chi connectivity index (χ0n) is 9.94. The molecule has 0 aromatic carbocycles. The Morgan fingerprint density at radius 2 is 1.81 bits per heavy atom. The lowest BCUT2D eigenvalue weighted by molar-refractivity contribution is -0.220. The molecule has 0 aliphatic heterocycles. The highest BCUT2D eigenvalue weighted by molar-refractivity contribution is 5.87. The van der Waals surface area contributed by atoms with Gasteiger partial charge in [0.1, 0.15) is 6.10 Å². The van der Waals surface area contributed by atoms with E-state index in [9.17, 15) is 18.0 Å². The molecule has 0 aliphatic rings. The van der Waals surface area contributed by atoms with E-state index in [-0.39, 0.29) is 12.0 Å². The van der Waals surface area contributed by atoms with Gasteiger partial charge in [-0.25, -0.2) is 4.79 Å². The van der Waals surface area contributed by atoms with Crippen molar-refractivity contribution in [2.75, 3.05) is 0 Å². The van der Waals surface area contributed by atoms with E-state index < -0.39 is 23.7 Å². The molecule has 0 rings (SSSR count). The zero-order valence-corrected chi connectivity index (χ0v) is 9.94. The second-order valence-corrected chi connectivity index (χ2v) is 4.58. The summed E-state index contributed by atoms with van der Waals surface area (Å²) in [5.41, 5.74) is -1.70. The molecule has 0 aromatic heterocycles. The zero-order chi connectivity index (χ0) is 13.1. The van der Waals surface area contributed by atoms with Gasteiger partial charge < -0.3 is 4.74 Å². The van der Waals surface area contributed by atoms with E-state index in [0.717, 1.165) is 13.8 Å². The van der Waals surface area contributed by atoms with Crippen molar-refractivity contribution in [2.24, 2.45) is 5.41 Å². The molecule has 0 amide bonds. The fourth-order valence-corrected chi connectivity index (χ4v) is 1.16. The van der Waals surface area contributed by atoms with Gasteiger partial charge in [-0.3, -0.25) is 0 Å². The van der Waals surface area contributed by atoms with Crippen molar-refractivity contribution in [2.45, 2.75) is 46.4 Å². The minimum absolute atomic E-state index is 0.177. The van der Waals surface area contributed by atoms with Crippen LogP contribution >= 0.6 is 0 Å². The largest absolute Gasteiger partial charge is 0.459 e. The number of hydrogen-bond acceptors (Lipinski definition) is 2. The maximum atomic E-state index is 12.5. The van der Waals surface area contributed by atoms with Gasteiger partial charge in [0, 0.05) is 5.57 Å². The Balaban J connectivity index is 4.41. The van der Waals surface area contributed by atoms with E-state index in [1.165, 1.54) is 13.8 Å². The van der Waals surface area contributed by atoms with Crippen LogP contribution in [0.15, 0.2) is 12.2 Å². The molecule has 1 unspecified atom stereocenters. The first-order valence-corrected chi connectivity index (χ1v) is 4.90. The molecule has 2 nitrogen and oxygen atoms in total. The highest BCUT2D eigenvalue weighted by Crippen LogP contribution is 2.41. The molecule has 0 radical (unpaired) electrons. The van der Waals surface area contributed by atoms with Crippen molar-refractivity contribution in [1.29, 1.82) is 0 Å². The second-order valence-electron chi connectivity index (χ2n) is 4.58. The Bertz CT molecular complexity index is 279. The van der Waals surface area contributed by atoms with Crippen LogP contribution in [0.4, 0.5) is 13.2 Å². The van der Waals surface area contributed by atoms with E-state index in [0.29, 0.717) is 0 Å². The summed E-state index contributed by atoms with van der Waals surface area (Å²) in [7, 11) is 0. The molecule has 5 heteroatoms. The average molecular weight is 238 g/mol. The van der Waals surface area contributed by atoms with Crippen LogP contribution in [0.3, 0.4) is 0 Å². The van der Waals surface area contributed by atoms with Crippen LogP contribution in [0, 0.1) is 5.41 Å². The van der Waals surface area contributed by atoms with Crippen LogP contribution in [-0.4, -0.2) is 18.2 Å². The van der Waals surface area contributed by atoms with Crippen LogP contribution in [0.25, 0.3) is 0 Å². The van der Waals surface area contributed by atoms with Crippen LogP contribution in [0.2, 0.25) is 0 Å². The molecule has 0 saturated heterocycles. The summed E-state index contributed by atoms with van der Waals surface area (Å²) in [5.74, 6) is -0.662. The summed E-state index contributed by atoms with van der Waals surface area (Å²) in [5, 5.41) is 0. The fourth-order valence-electron chi connectivity index (χ4n) is 1.16. The first kappa shape index (κ1) is 15.0. The number of halogens is 3. The van der Waals surface area contributed by atoms with Crippen molar-refractivity contribution in [1.82, 2.24) is 0 Å². The number of rotatable bonds is 4. The summed E-state index contributed by atoms with van der Waals surface area (Å²) in [6.07, 6.45) is -5.37. The number of ether oxygens (including phenoxy) is 1. The third-order valence-electron chi connectivity index (χ3n) is 2.22. The molecule has 16 heavy (non-hydrogen) atoms. The van der Waals surface area contributed by atoms with Crippen LogP contribution < -0.4 is 0 Å². The molecule has 0 fully saturated rings. The summed E-state index contributed by atoms with van der Waals surface area (Å²) < 4.78 is 42.4. The Kier molecular flexibility index (Phi) is 4.58. The number of hydrogen-bond donors (Lipinski definition) is 0. The second kappa shape index (κ2) is 4.89. The van der Waals surface area contributed by atoms with E-state index in [1.807, 2.05) is 0 Å². The normalized spacial score (nSPS) is 14.4. The topological polar surface area (TPSA) is 26.3 Å². The van der Waals surface area contributed by atoms with Gasteiger partial charge in [0.25, 0.3) is 0 Å². The number of carbonyl (C=O) groups excluding carboxylic acids is 1. The highest BCUT2D eigenvalue weighted by Gasteiger charge is 2.48. The van der Waals surface area contributed by atoms with E-state index in [1.54, 1.807) is 0 Å². The van der Waals surface area contributed by atoms with Gasteiger partial charge in [0.05, 0.1) is 5.41 Å². The van der Waals surface area contributed by atoms with Crippen LogP contribution in [0.5, 0.6) is 0 Å². The van der Waals surface area contributed by atoms with Gasteiger partial charge in [0.15, 0.2) is 0 Å². The summed E-state index contributed by atoms with van der Waals surface area (Å²) in [6, 6.07) is 0. The Hall–Kier alpha value is -1.00. The predicted octanol–water partition coefficient (Wildman–Crippen LogP) is 3.47.